The average Bonchev–Trinajstić information content (AvgIpc) is 2.66. The molecule has 0 aromatic heterocycles. The molecule has 3 amide bonds. The second-order valence-electron chi connectivity index (χ2n) is 9.02. The van der Waals surface area contributed by atoms with E-state index >= 15 is 0 Å². The van der Waals surface area contributed by atoms with Crippen LogP contribution in [0.3, 0.4) is 0 Å². The molecule has 1 aromatic rings. The van der Waals surface area contributed by atoms with Gasteiger partial charge in [0.1, 0.15) is 17.8 Å². The Morgan fingerprint density at radius 1 is 0.879 bits per heavy atom. The van der Waals surface area contributed by atoms with Crippen molar-refractivity contribution >= 4 is 24.2 Å². The lowest BCUT2D eigenvalue weighted by Gasteiger charge is -2.37. The van der Waals surface area contributed by atoms with Gasteiger partial charge in [-0.2, -0.15) is 5.01 Å². The number of hydrazine groups is 1. The number of nitrogens with zero attached hydrogens (tertiary/aromatic N) is 2. The zero-order valence-corrected chi connectivity index (χ0v) is 19.7. The number of carbonyl (C=O) groups is 4. The molecule has 1 aromatic carbocycles. The molecule has 0 spiro atoms. The van der Waals surface area contributed by atoms with Gasteiger partial charge in [-0.05, 0) is 47.1 Å². The van der Waals surface area contributed by atoms with E-state index in [9.17, 15) is 29.4 Å². The van der Waals surface area contributed by atoms with E-state index in [1.807, 2.05) is 0 Å². The number of amides is 3. The number of hydrogen-bond acceptors (Lipinski definition) is 8. The molecule has 1 atom stereocenters. The van der Waals surface area contributed by atoms with Gasteiger partial charge in [0.2, 0.25) is 0 Å². The summed E-state index contributed by atoms with van der Waals surface area (Å²) in [6.45, 7) is 8.24. The minimum atomic E-state index is -1.83. The third-order valence-electron chi connectivity index (χ3n) is 3.72. The monoisotopic (exact) mass is 468 g/mol. The van der Waals surface area contributed by atoms with Crippen molar-refractivity contribution < 1.29 is 43.6 Å². The number of benzene rings is 1. The second kappa shape index (κ2) is 11.5. The lowest BCUT2D eigenvalue weighted by molar-refractivity contribution is -0.149. The van der Waals surface area contributed by atoms with Gasteiger partial charge in [-0.1, -0.05) is 30.3 Å². The number of rotatable bonds is 6. The molecule has 0 saturated heterocycles. The van der Waals surface area contributed by atoms with E-state index in [1.165, 1.54) is 41.5 Å². The predicted octanol–water partition coefficient (Wildman–Crippen LogP) is 3.55. The van der Waals surface area contributed by atoms with Crippen LogP contribution in [-0.4, -0.2) is 68.3 Å². The van der Waals surface area contributed by atoms with E-state index in [0.717, 1.165) is 0 Å². The second-order valence-corrected chi connectivity index (χ2v) is 9.02. The fourth-order valence-corrected chi connectivity index (χ4v) is 2.47. The fraction of sp³-hybridized carbons (Fsp3) is 0.545. The summed E-state index contributed by atoms with van der Waals surface area (Å²) in [5.74, 6) is -1.59. The summed E-state index contributed by atoms with van der Waals surface area (Å²) >= 11 is 0. The summed E-state index contributed by atoms with van der Waals surface area (Å²) in [7, 11) is 0. The van der Waals surface area contributed by atoms with E-state index in [2.05, 4.69) is 0 Å². The summed E-state index contributed by atoms with van der Waals surface area (Å²) in [5.41, 5.74) is -1.60. The van der Waals surface area contributed by atoms with Crippen LogP contribution >= 0.6 is 0 Å². The minimum Gasteiger partial charge on any atom is -0.480 e. The maximum atomic E-state index is 13.0. The Labute approximate surface area is 192 Å². The number of carboxylic acids is 1. The van der Waals surface area contributed by atoms with E-state index < -0.39 is 54.5 Å². The molecule has 0 aliphatic carbocycles. The van der Waals surface area contributed by atoms with Crippen LogP contribution in [0.5, 0.6) is 0 Å². The Bertz CT molecular complexity index is 801. The quantitative estimate of drug-likeness (QED) is 0.473. The van der Waals surface area contributed by atoms with Crippen LogP contribution < -0.4 is 0 Å². The SMILES string of the molecule is CC(C)(C)OC(=O)N(C(=O)OC(C)(C)C)N(C(=O)OCc1ccccc1)[C@@H](CCO)C(=O)O. The van der Waals surface area contributed by atoms with E-state index in [0.29, 0.717) is 10.6 Å². The molecular weight excluding hydrogens is 436 g/mol. The maximum Gasteiger partial charge on any atom is 0.439 e. The van der Waals surface area contributed by atoms with Crippen molar-refractivity contribution in [2.24, 2.45) is 0 Å². The minimum absolute atomic E-state index is 0.151. The molecule has 0 aliphatic rings. The van der Waals surface area contributed by atoms with E-state index in [-0.39, 0.29) is 11.6 Å². The van der Waals surface area contributed by atoms with Crippen molar-refractivity contribution in [3.8, 4) is 0 Å². The summed E-state index contributed by atoms with van der Waals surface area (Å²) in [6.07, 6.45) is -4.52. The molecule has 11 heteroatoms. The van der Waals surface area contributed by atoms with Gasteiger partial charge in [-0.3, -0.25) is 0 Å². The van der Waals surface area contributed by atoms with Crippen molar-refractivity contribution in [2.45, 2.75) is 71.8 Å². The van der Waals surface area contributed by atoms with E-state index in [4.69, 9.17) is 14.2 Å². The van der Waals surface area contributed by atoms with Crippen molar-refractivity contribution in [3.63, 3.8) is 0 Å². The molecule has 2 N–H and O–H groups in total. The highest BCUT2D eigenvalue weighted by atomic mass is 16.6. The molecule has 184 valence electrons. The Kier molecular flexibility index (Phi) is 9.65. The first-order valence-electron chi connectivity index (χ1n) is 10.3. The highest BCUT2D eigenvalue weighted by Crippen LogP contribution is 2.21. The van der Waals surface area contributed by atoms with Gasteiger partial charge in [-0.15, -0.1) is 5.01 Å². The normalized spacial score (nSPS) is 12.3. The molecule has 1 rings (SSSR count). The Hall–Kier alpha value is -3.34. The standard InChI is InChI=1S/C22H32N2O9/c1-21(2,3)32-19(29)24(20(30)33-22(4,5)6)23(16(12-13-25)17(26)27)18(28)31-14-15-10-8-7-9-11-15/h7-11,16,25H,12-14H2,1-6H3,(H,26,27)/t16-/m0/s1. The Morgan fingerprint density at radius 2 is 1.36 bits per heavy atom. The molecule has 11 nitrogen and oxygen atoms in total. The van der Waals surface area contributed by atoms with Crippen LogP contribution in [0, 0.1) is 0 Å². The van der Waals surface area contributed by atoms with Gasteiger partial charge in [0, 0.05) is 13.0 Å². The van der Waals surface area contributed by atoms with Crippen molar-refractivity contribution in [3.05, 3.63) is 35.9 Å². The first kappa shape index (κ1) is 27.7. The largest absolute Gasteiger partial charge is 0.480 e. The summed E-state index contributed by atoms with van der Waals surface area (Å²) in [5, 5.41) is 19.5. The van der Waals surface area contributed by atoms with Crippen LogP contribution in [0.1, 0.15) is 53.5 Å². The zero-order valence-electron chi connectivity index (χ0n) is 19.7. The number of carboxylic acid groups (broad SMARTS) is 1. The van der Waals surface area contributed by atoms with Gasteiger partial charge in [0.05, 0.1) is 0 Å². The van der Waals surface area contributed by atoms with Crippen molar-refractivity contribution in [1.82, 2.24) is 10.0 Å². The fourth-order valence-electron chi connectivity index (χ4n) is 2.47. The van der Waals surface area contributed by atoms with Gasteiger partial charge in [0.15, 0.2) is 6.04 Å². The molecule has 0 heterocycles. The van der Waals surface area contributed by atoms with Crippen molar-refractivity contribution in [1.29, 1.82) is 0 Å². The van der Waals surface area contributed by atoms with Crippen LogP contribution in [-0.2, 0) is 25.6 Å². The smallest absolute Gasteiger partial charge is 0.439 e. The molecule has 0 fully saturated rings. The molecule has 0 bridgehead atoms. The number of aliphatic hydroxyl groups excluding tert-OH is 1. The third kappa shape index (κ3) is 9.36. The first-order chi connectivity index (χ1) is 15.2. The van der Waals surface area contributed by atoms with Crippen molar-refractivity contribution in [2.75, 3.05) is 6.61 Å². The number of ether oxygens (including phenoxy) is 3. The number of imide groups is 1. The number of aliphatic hydroxyl groups is 1. The van der Waals surface area contributed by atoms with Gasteiger partial charge >= 0.3 is 24.2 Å². The average molecular weight is 469 g/mol. The molecule has 0 radical (unpaired) electrons. The van der Waals surface area contributed by atoms with Crippen LogP contribution in [0.15, 0.2) is 30.3 Å². The van der Waals surface area contributed by atoms with Gasteiger partial charge in [0.25, 0.3) is 0 Å². The molecule has 0 aliphatic heterocycles. The highest BCUT2D eigenvalue weighted by molar-refractivity contribution is 5.92. The predicted molar refractivity (Wildman–Crippen MR) is 116 cm³/mol. The molecular formula is C22H32N2O9. The van der Waals surface area contributed by atoms with E-state index in [1.54, 1.807) is 30.3 Å². The Morgan fingerprint density at radius 3 is 1.76 bits per heavy atom. The number of aliphatic carboxylic acids is 1. The lowest BCUT2D eigenvalue weighted by atomic mass is 10.2. The van der Waals surface area contributed by atoms with Crippen LogP contribution in [0.25, 0.3) is 0 Å². The number of carbonyl (C=O) groups excluding carboxylic acids is 3. The lowest BCUT2D eigenvalue weighted by Crippen LogP contribution is -2.61. The number of hydrogen-bond donors (Lipinski definition) is 2. The third-order valence-corrected chi connectivity index (χ3v) is 3.72. The Balaban J connectivity index is 3.45. The summed E-state index contributed by atoms with van der Waals surface area (Å²) < 4.78 is 15.6. The maximum absolute atomic E-state index is 13.0. The van der Waals surface area contributed by atoms with Crippen LogP contribution in [0.2, 0.25) is 0 Å². The first-order valence-corrected chi connectivity index (χ1v) is 10.3. The molecule has 33 heavy (non-hydrogen) atoms. The summed E-state index contributed by atoms with van der Waals surface area (Å²) in [4.78, 5) is 50.8. The highest BCUT2D eigenvalue weighted by Gasteiger charge is 2.45. The molecule has 0 unspecified atom stereocenters. The van der Waals surface area contributed by atoms with Gasteiger partial charge < -0.3 is 24.4 Å². The van der Waals surface area contributed by atoms with Gasteiger partial charge in [-0.25, -0.2) is 19.2 Å². The van der Waals surface area contributed by atoms with Crippen LogP contribution in [0.4, 0.5) is 14.4 Å². The topological polar surface area (TPSA) is 143 Å². The zero-order chi connectivity index (χ0) is 25.4. The molecule has 0 saturated carbocycles. The summed E-state index contributed by atoms with van der Waals surface area (Å²) in [6, 6.07) is 6.67.